The fraction of sp³-hybridized carbons (Fsp3) is 0.556. The van der Waals surface area contributed by atoms with Gasteiger partial charge in [-0.15, -0.1) is 0 Å². The van der Waals surface area contributed by atoms with Gasteiger partial charge in [-0.3, -0.25) is 9.59 Å². The highest BCUT2D eigenvalue weighted by Gasteiger charge is 2.25. The average Bonchev–Trinajstić information content (AvgIpc) is 2.58. The Morgan fingerprint density at radius 3 is 2.74 bits per heavy atom. The number of hydrogen-bond donors (Lipinski definition) is 2. The van der Waals surface area contributed by atoms with Gasteiger partial charge >= 0.3 is 0 Å². The third-order valence-corrected chi connectivity index (χ3v) is 4.92. The molecule has 0 fully saturated rings. The lowest BCUT2D eigenvalue weighted by molar-refractivity contribution is -0.129. The van der Waals surface area contributed by atoms with E-state index in [2.05, 4.69) is 28.8 Å². The Balaban J connectivity index is 1.94. The smallest absolute Gasteiger partial charge is 0.242 e. The molecule has 0 saturated carbocycles. The summed E-state index contributed by atoms with van der Waals surface area (Å²) < 4.78 is 0. The number of hydrogen-bond acceptors (Lipinski definition) is 3. The molecule has 0 aromatic heterocycles. The van der Waals surface area contributed by atoms with Crippen molar-refractivity contribution in [2.75, 3.05) is 12.0 Å². The normalized spacial score (nSPS) is 17.9. The van der Waals surface area contributed by atoms with Crippen molar-refractivity contribution >= 4 is 23.6 Å². The van der Waals surface area contributed by atoms with Crippen molar-refractivity contribution in [1.82, 2.24) is 10.6 Å². The van der Waals surface area contributed by atoms with Crippen LogP contribution in [0.3, 0.4) is 0 Å². The third kappa shape index (κ3) is 5.27. The first-order valence-corrected chi connectivity index (χ1v) is 9.68. The SMILES string of the molecule is CCC(=O)N[C@@H](CCSC)C(=O)N[C@@H]1CCc2ccccc2C1. The first kappa shape index (κ1) is 17.9. The molecule has 0 aliphatic heterocycles. The largest absolute Gasteiger partial charge is 0.351 e. The van der Waals surface area contributed by atoms with Crippen LogP contribution in [0, 0.1) is 0 Å². The van der Waals surface area contributed by atoms with Crippen molar-refractivity contribution in [2.45, 2.75) is 51.1 Å². The van der Waals surface area contributed by atoms with E-state index in [1.54, 1.807) is 18.7 Å². The molecule has 0 unspecified atom stereocenters. The molecule has 1 aromatic rings. The van der Waals surface area contributed by atoms with Crippen molar-refractivity contribution in [3.63, 3.8) is 0 Å². The molecule has 4 nitrogen and oxygen atoms in total. The molecule has 5 heteroatoms. The van der Waals surface area contributed by atoms with Gasteiger partial charge in [-0.1, -0.05) is 31.2 Å². The quantitative estimate of drug-likeness (QED) is 0.804. The summed E-state index contributed by atoms with van der Waals surface area (Å²) in [5, 5.41) is 5.98. The van der Waals surface area contributed by atoms with Crippen molar-refractivity contribution < 1.29 is 9.59 Å². The van der Waals surface area contributed by atoms with E-state index < -0.39 is 6.04 Å². The topological polar surface area (TPSA) is 58.2 Å². The summed E-state index contributed by atoms with van der Waals surface area (Å²) in [4.78, 5) is 24.2. The van der Waals surface area contributed by atoms with Crippen molar-refractivity contribution in [3.8, 4) is 0 Å². The van der Waals surface area contributed by atoms with E-state index in [0.717, 1.165) is 25.0 Å². The molecule has 0 bridgehead atoms. The fourth-order valence-electron chi connectivity index (χ4n) is 2.92. The molecule has 2 amide bonds. The number of nitrogens with one attached hydrogen (secondary N) is 2. The highest BCUT2D eigenvalue weighted by atomic mass is 32.2. The van der Waals surface area contributed by atoms with Crippen LogP contribution < -0.4 is 10.6 Å². The van der Waals surface area contributed by atoms with E-state index in [1.807, 2.05) is 12.3 Å². The molecule has 1 aliphatic carbocycles. The number of thioether (sulfide) groups is 1. The molecule has 0 saturated heterocycles. The van der Waals surface area contributed by atoms with E-state index in [0.29, 0.717) is 12.8 Å². The fourth-order valence-corrected chi connectivity index (χ4v) is 3.40. The van der Waals surface area contributed by atoms with Crippen LogP contribution in [0.2, 0.25) is 0 Å². The molecular weight excluding hydrogens is 308 g/mol. The van der Waals surface area contributed by atoms with E-state index in [1.165, 1.54) is 11.1 Å². The molecule has 1 aromatic carbocycles. The number of aryl methyl sites for hydroxylation is 1. The van der Waals surface area contributed by atoms with Gasteiger partial charge in [0.1, 0.15) is 6.04 Å². The zero-order valence-corrected chi connectivity index (χ0v) is 14.7. The lowest BCUT2D eigenvalue weighted by atomic mass is 9.88. The zero-order valence-electron chi connectivity index (χ0n) is 13.9. The summed E-state index contributed by atoms with van der Waals surface area (Å²) in [6.07, 6.45) is 5.91. The molecule has 23 heavy (non-hydrogen) atoms. The second-order valence-corrected chi connectivity index (χ2v) is 6.96. The van der Waals surface area contributed by atoms with Crippen LogP contribution in [0.1, 0.15) is 37.3 Å². The summed E-state index contributed by atoms with van der Waals surface area (Å²) >= 11 is 1.69. The van der Waals surface area contributed by atoms with E-state index in [-0.39, 0.29) is 17.9 Å². The van der Waals surface area contributed by atoms with Crippen LogP contribution in [0.15, 0.2) is 24.3 Å². The molecule has 2 N–H and O–H groups in total. The summed E-state index contributed by atoms with van der Waals surface area (Å²) in [6.45, 7) is 1.80. The van der Waals surface area contributed by atoms with Gasteiger partial charge < -0.3 is 10.6 Å². The molecule has 0 radical (unpaired) electrons. The minimum Gasteiger partial charge on any atom is -0.351 e. The van der Waals surface area contributed by atoms with Gasteiger partial charge in [-0.25, -0.2) is 0 Å². The first-order valence-electron chi connectivity index (χ1n) is 8.29. The predicted molar refractivity (Wildman–Crippen MR) is 95.6 cm³/mol. The average molecular weight is 334 g/mol. The number of fused-ring (bicyclic) bond motifs is 1. The lowest BCUT2D eigenvalue weighted by Crippen LogP contribution is -2.50. The van der Waals surface area contributed by atoms with Crippen molar-refractivity contribution in [3.05, 3.63) is 35.4 Å². The van der Waals surface area contributed by atoms with Crippen LogP contribution in [-0.4, -0.2) is 35.9 Å². The second-order valence-electron chi connectivity index (χ2n) is 5.97. The highest BCUT2D eigenvalue weighted by Crippen LogP contribution is 2.21. The minimum absolute atomic E-state index is 0.0507. The monoisotopic (exact) mass is 334 g/mol. The second kappa shape index (κ2) is 8.96. The molecule has 0 heterocycles. The zero-order chi connectivity index (χ0) is 16.7. The maximum Gasteiger partial charge on any atom is 0.242 e. The van der Waals surface area contributed by atoms with Gasteiger partial charge in [0.2, 0.25) is 11.8 Å². The molecule has 2 rings (SSSR count). The summed E-state index contributed by atoms with van der Waals surface area (Å²) in [5.74, 6) is 0.737. The van der Waals surface area contributed by atoms with Crippen LogP contribution >= 0.6 is 11.8 Å². The standard InChI is InChI=1S/C18H26N2O2S/c1-3-17(21)20-16(10-11-23-2)18(22)19-15-9-8-13-6-4-5-7-14(13)12-15/h4-7,15-16H,3,8-12H2,1-2H3,(H,19,22)(H,20,21)/t15-,16+/m1/s1. The van der Waals surface area contributed by atoms with Gasteiger partial charge in [0, 0.05) is 12.5 Å². The number of amides is 2. The van der Waals surface area contributed by atoms with Crippen LogP contribution in [0.25, 0.3) is 0 Å². The van der Waals surface area contributed by atoms with Crippen molar-refractivity contribution in [1.29, 1.82) is 0 Å². The van der Waals surface area contributed by atoms with Crippen LogP contribution in [0.5, 0.6) is 0 Å². The first-order chi connectivity index (χ1) is 11.1. The number of benzene rings is 1. The number of carbonyl (C=O) groups excluding carboxylic acids is 2. The molecule has 1 aliphatic rings. The maximum absolute atomic E-state index is 12.5. The van der Waals surface area contributed by atoms with Crippen LogP contribution in [0.4, 0.5) is 0 Å². The Kier molecular flexibility index (Phi) is 6.96. The van der Waals surface area contributed by atoms with E-state index >= 15 is 0 Å². The van der Waals surface area contributed by atoms with Gasteiger partial charge in [0.25, 0.3) is 0 Å². The van der Waals surface area contributed by atoms with Gasteiger partial charge in [0.15, 0.2) is 0 Å². The number of carbonyl (C=O) groups is 2. The predicted octanol–water partition coefficient (Wildman–Crippen LogP) is 2.31. The molecule has 2 atom stereocenters. The third-order valence-electron chi connectivity index (χ3n) is 4.28. The Morgan fingerprint density at radius 2 is 2.04 bits per heavy atom. The van der Waals surface area contributed by atoms with Crippen LogP contribution in [-0.2, 0) is 22.4 Å². The Morgan fingerprint density at radius 1 is 1.30 bits per heavy atom. The highest BCUT2D eigenvalue weighted by molar-refractivity contribution is 7.98. The van der Waals surface area contributed by atoms with Gasteiger partial charge in [-0.2, -0.15) is 11.8 Å². The Bertz CT molecular complexity index is 548. The lowest BCUT2D eigenvalue weighted by Gasteiger charge is -2.27. The van der Waals surface area contributed by atoms with E-state index in [4.69, 9.17) is 0 Å². The van der Waals surface area contributed by atoms with E-state index in [9.17, 15) is 9.59 Å². The molecule has 126 valence electrons. The summed E-state index contributed by atoms with van der Waals surface area (Å²) in [5.41, 5.74) is 2.71. The van der Waals surface area contributed by atoms with Gasteiger partial charge in [0.05, 0.1) is 0 Å². The summed E-state index contributed by atoms with van der Waals surface area (Å²) in [6, 6.07) is 8.15. The Hall–Kier alpha value is -1.49. The minimum atomic E-state index is -0.424. The molecular formula is C18H26N2O2S. The number of rotatable bonds is 7. The van der Waals surface area contributed by atoms with Gasteiger partial charge in [-0.05, 0) is 48.8 Å². The molecule has 0 spiro atoms. The Labute approximate surface area is 142 Å². The van der Waals surface area contributed by atoms with Crippen molar-refractivity contribution in [2.24, 2.45) is 0 Å². The summed E-state index contributed by atoms with van der Waals surface area (Å²) in [7, 11) is 0. The maximum atomic E-state index is 12.5.